The number of pyridine rings is 1. The van der Waals surface area contributed by atoms with Crippen molar-refractivity contribution < 1.29 is 14.3 Å². The number of amides is 1. The van der Waals surface area contributed by atoms with Gasteiger partial charge >= 0.3 is 0 Å². The van der Waals surface area contributed by atoms with Crippen molar-refractivity contribution in [3.05, 3.63) is 29.4 Å². The third-order valence-corrected chi connectivity index (χ3v) is 5.02. The number of hydrogen-bond acceptors (Lipinski definition) is 8. The Morgan fingerprint density at radius 1 is 1.33 bits per heavy atom. The third-order valence-electron chi connectivity index (χ3n) is 4.10. The SMILES string of the molecule is CCNC(=O)c1csc(N(C)c2cnc(N)c3c(OC)cc(OC)cc23)n1. The fourth-order valence-electron chi connectivity index (χ4n) is 2.74. The number of methoxy groups -OCH3 is 2. The summed E-state index contributed by atoms with van der Waals surface area (Å²) < 4.78 is 10.9. The lowest BCUT2D eigenvalue weighted by molar-refractivity contribution is 0.0951. The maximum absolute atomic E-state index is 12.0. The number of nitrogen functional groups attached to an aromatic ring is 1. The first-order valence-electron chi connectivity index (χ1n) is 8.27. The van der Waals surface area contributed by atoms with Crippen LogP contribution in [0.2, 0.25) is 0 Å². The summed E-state index contributed by atoms with van der Waals surface area (Å²) in [6, 6.07) is 3.64. The zero-order valence-electron chi connectivity index (χ0n) is 15.6. The summed E-state index contributed by atoms with van der Waals surface area (Å²) >= 11 is 1.37. The average molecular weight is 387 g/mol. The monoisotopic (exact) mass is 387 g/mol. The van der Waals surface area contributed by atoms with E-state index in [-0.39, 0.29) is 5.91 Å². The molecule has 142 valence electrons. The predicted octanol–water partition coefficient (Wildman–Crippen LogP) is 2.81. The first-order chi connectivity index (χ1) is 13.0. The molecule has 9 heteroatoms. The number of ether oxygens (including phenoxy) is 2. The summed E-state index contributed by atoms with van der Waals surface area (Å²) in [5.41, 5.74) is 7.25. The second-order valence-electron chi connectivity index (χ2n) is 5.71. The Morgan fingerprint density at radius 3 is 2.78 bits per heavy atom. The van der Waals surface area contributed by atoms with E-state index >= 15 is 0 Å². The molecule has 0 atom stereocenters. The van der Waals surface area contributed by atoms with E-state index in [0.29, 0.717) is 40.1 Å². The van der Waals surface area contributed by atoms with Crippen LogP contribution in [0, 0.1) is 0 Å². The molecule has 0 aliphatic carbocycles. The number of fused-ring (bicyclic) bond motifs is 1. The highest BCUT2D eigenvalue weighted by Gasteiger charge is 2.19. The fourth-order valence-corrected chi connectivity index (χ4v) is 3.53. The van der Waals surface area contributed by atoms with E-state index in [1.807, 2.05) is 24.9 Å². The van der Waals surface area contributed by atoms with Gasteiger partial charge in [-0.15, -0.1) is 11.3 Å². The van der Waals surface area contributed by atoms with Crippen LogP contribution in [0.15, 0.2) is 23.7 Å². The van der Waals surface area contributed by atoms with Crippen LogP contribution in [0.5, 0.6) is 11.5 Å². The maximum Gasteiger partial charge on any atom is 0.270 e. The molecular formula is C18H21N5O3S. The van der Waals surface area contributed by atoms with Gasteiger partial charge in [-0.3, -0.25) is 4.79 Å². The van der Waals surface area contributed by atoms with Gasteiger partial charge in [0.2, 0.25) is 0 Å². The van der Waals surface area contributed by atoms with Crippen LogP contribution in [-0.4, -0.2) is 43.7 Å². The average Bonchev–Trinajstić information content (AvgIpc) is 3.17. The van der Waals surface area contributed by atoms with Crippen LogP contribution in [0.25, 0.3) is 10.8 Å². The number of nitrogens with one attached hydrogen (secondary N) is 1. The number of carbonyl (C=O) groups is 1. The number of rotatable bonds is 6. The fraction of sp³-hybridized carbons (Fsp3) is 0.278. The maximum atomic E-state index is 12.0. The van der Waals surface area contributed by atoms with Gasteiger partial charge in [0, 0.05) is 30.4 Å². The molecule has 1 amide bonds. The summed E-state index contributed by atoms with van der Waals surface area (Å²) in [4.78, 5) is 22.6. The molecule has 8 nitrogen and oxygen atoms in total. The number of nitrogens with two attached hydrogens (primary N) is 1. The molecule has 2 heterocycles. The topological polar surface area (TPSA) is 103 Å². The number of benzene rings is 1. The minimum absolute atomic E-state index is 0.197. The number of thiazole rings is 1. The van der Waals surface area contributed by atoms with Gasteiger partial charge in [0.25, 0.3) is 5.91 Å². The molecule has 0 fully saturated rings. The van der Waals surface area contributed by atoms with Crippen molar-refractivity contribution in [3.8, 4) is 11.5 Å². The van der Waals surface area contributed by atoms with E-state index < -0.39 is 0 Å². The van der Waals surface area contributed by atoms with Crippen LogP contribution in [0.4, 0.5) is 16.6 Å². The van der Waals surface area contributed by atoms with Crippen LogP contribution >= 0.6 is 11.3 Å². The van der Waals surface area contributed by atoms with Crippen molar-refractivity contribution in [3.63, 3.8) is 0 Å². The number of carbonyl (C=O) groups excluding carboxylic acids is 1. The Bertz CT molecular complexity index is 989. The highest BCUT2D eigenvalue weighted by atomic mass is 32.1. The first kappa shape index (κ1) is 18.7. The van der Waals surface area contributed by atoms with Gasteiger partial charge in [0.1, 0.15) is 23.0 Å². The van der Waals surface area contributed by atoms with E-state index in [4.69, 9.17) is 15.2 Å². The molecule has 0 aliphatic rings. The summed E-state index contributed by atoms with van der Waals surface area (Å²) in [5.74, 6) is 1.38. The van der Waals surface area contributed by atoms with E-state index in [2.05, 4.69) is 15.3 Å². The minimum atomic E-state index is -0.197. The Labute approximate surface area is 160 Å². The minimum Gasteiger partial charge on any atom is -0.497 e. The number of anilines is 3. The van der Waals surface area contributed by atoms with Gasteiger partial charge in [-0.05, 0) is 13.0 Å². The Morgan fingerprint density at radius 2 is 2.11 bits per heavy atom. The quantitative estimate of drug-likeness (QED) is 0.670. The second kappa shape index (κ2) is 7.67. The van der Waals surface area contributed by atoms with E-state index in [1.165, 1.54) is 11.3 Å². The lowest BCUT2D eigenvalue weighted by Crippen LogP contribution is -2.23. The molecule has 0 spiro atoms. The van der Waals surface area contributed by atoms with Crippen molar-refractivity contribution in [2.24, 2.45) is 0 Å². The molecule has 0 unspecified atom stereocenters. The normalized spacial score (nSPS) is 10.7. The molecule has 0 aliphatic heterocycles. The Kier molecular flexibility index (Phi) is 5.31. The lowest BCUT2D eigenvalue weighted by Gasteiger charge is -2.20. The van der Waals surface area contributed by atoms with Crippen molar-refractivity contribution in [2.75, 3.05) is 38.4 Å². The molecule has 0 radical (unpaired) electrons. The zero-order valence-corrected chi connectivity index (χ0v) is 16.4. The van der Waals surface area contributed by atoms with Gasteiger partial charge in [-0.1, -0.05) is 0 Å². The lowest BCUT2D eigenvalue weighted by atomic mass is 10.1. The van der Waals surface area contributed by atoms with Gasteiger partial charge in [-0.25, -0.2) is 9.97 Å². The van der Waals surface area contributed by atoms with Crippen molar-refractivity contribution >= 4 is 44.7 Å². The molecule has 3 N–H and O–H groups in total. The molecule has 1 aromatic carbocycles. The van der Waals surface area contributed by atoms with Crippen molar-refractivity contribution in [2.45, 2.75) is 6.92 Å². The highest BCUT2D eigenvalue weighted by Crippen LogP contribution is 2.40. The number of aromatic nitrogens is 2. The summed E-state index contributed by atoms with van der Waals surface area (Å²) in [6.07, 6.45) is 1.67. The van der Waals surface area contributed by atoms with Gasteiger partial charge in [0.05, 0.1) is 31.5 Å². The summed E-state index contributed by atoms with van der Waals surface area (Å²) in [5, 5.41) is 6.64. The zero-order chi connectivity index (χ0) is 19.6. The molecule has 3 aromatic rings. The van der Waals surface area contributed by atoms with Crippen LogP contribution in [0.1, 0.15) is 17.4 Å². The summed E-state index contributed by atoms with van der Waals surface area (Å²) in [6.45, 7) is 2.41. The smallest absolute Gasteiger partial charge is 0.270 e. The predicted molar refractivity (Wildman–Crippen MR) is 107 cm³/mol. The second-order valence-corrected chi connectivity index (χ2v) is 6.55. The van der Waals surface area contributed by atoms with Crippen LogP contribution < -0.4 is 25.4 Å². The molecular weight excluding hydrogens is 366 g/mol. The molecule has 2 aromatic heterocycles. The summed E-state index contributed by atoms with van der Waals surface area (Å²) in [7, 11) is 5.02. The van der Waals surface area contributed by atoms with Gasteiger partial charge in [-0.2, -0.15) is 0 Å². The first-order valence-corrected chi connectivity index (χ1v) is 9.15. The van der Waals surface area contributed by atoms with Crippen LogP contribution in [-0.2, 0) is 0 Å². The molecule has 0 saturated carbocycles. The van der Waals surface area contributed by atoms with Crippen molar-refractivity contribution in [1.29, 1.82) is 0 Å². The highest BCUT2D eigenvalue weighted by molar-refractivity contribution is 7.14. The number of hydrogen-bond donors (Lipinski definition) is 2. The van der Waals surface area contributed by atoms with E-state index in [1.54, 1.807) is 31.9 Å². The Balaban J connectivity index is 2.11. The molecule has 3 rings (SSSR count). The van der Waals surface area contributed by atoms with Gasteiger partial charge < -0.3 is 25.4 Å². The van der Waals surface area contributed by atoms with Gasteiger partial charge in [0.15, 0.2) is 5.13 Å². The van der Waals surface area contributed by atoms with Crippen molar-refractivity contribution in [1.82, 2.24) is 15.3 Å². The molecule has 27 heavy (non-hydrogen) atoms. The van der Waals surface area contributed by atoms with E-state index in [0.717, 1.165) is 11.1 Å². The largest absolute Gasteiger partial charge is 0.497 e. The van der Waals surface area contributed by atoms with E-state index in [9.17, 15) is 4.79 Å². The third kappa shape index (κ3) is 3.45. The number of nitrogens with zero attached hydrogens (tertiary/aromatic N) is 3. The Hall–Kier alpha value is -3.07. The standard InChI is InChI=1S/C18H21N5O3S/c1-5-20-17(24)12-9-27-18(22-12)23(2)13-8-21-16(19)15-11(13)6-10(25-3)7-14(15)26-4/h6-9H,5H2,1-4H3,(H2,19,21)(H,20,24). The molecule has 0 saturated heterocycles. The van der Waals surface area contributed by atoms with Crippen LogP contribution in [0.3, 0.4) is 0 Å². The molecule has 0 bridgehead atoms.